The maximum Gasteiger partial charge on any atom is 0.0711 e. The Morgan fingerprint density at radius 1 is 1.41 bits per heavy atom. The molecule has 1 aromatic carbocycles. The molecule has 1 fully saturated rings. The van der Waals surface area contributed by atoms with E-state index in [2.05, 4.69) is 52.0 Å². The molecule has 1 aliphatic heterocycles. The number of H-pyrrole nitrogens is 1. The van der Waals surface area contributed by atoms with Gasteiger partial charge in [0, 0.05) is 31.2 Å². The van der Waals surface area contributed by atoms with Crippen molar-refractivity contribution in [3.05, 3.63) is 59.4 Å². The first-order valence-corrected chi connectivity index (χ1v) is 7.76. The Balaban J connectivity index is 1.61. The molecule has 1 aromatic heterocycles. The van der Waals surface area contributed by atoms with E-state index in [0.29, 0.717) is 0 Å². The largest absolute Gasteiger partial charge is 0.391 e. The zero-order chi connectivity index (χ0) is 15.5. The number of aliphatic hydroxyl groups excluding tert-OH is 1. The first-order valence-electron chi connectivity index (χ1n) is 7.76. The fourth-order valence-corrected chi connectivity index (χ4v) is 3.20. The summed E-state index contributed by atoms with van der Waals surface area (Å²) in [6, 6.07) is 10.5. The lowest BCUT2D eigenvalue weighted by atomic mass is 10.0. The van der Waals surface area contributed by atoms with Crippen LogP contribution in [0.15, 0.2) is 36.9 Å². The summed E-state index contributed by atoms with van der Waals surface area (Å²) in [5.41, 5.74) is 4.51. The molecule has 0 radical (unpaired) electrons. The fourth-order valence-electron chi connectivity index (χ4n) is 3.20. The van der Waals surface area contributed by atoms with E-state index < -0.39 is 0 Å². The highest BCUT2D eigenvalue weighted by Gasteiger charge is 2.31. The lowest BCUT2D eigenvalue weighted by Gasteiger charge is -2.15. The minimum absolute atomic E-state index is 0.255. The number of rotatable bonds is 5. The van der Waals surface area contributed by atoms with Crippen molar-refractivity contribution >= 4 is 6.08 Å². The molecule has 2 aromatic rings. The van der Waals surface area contributed by atoms with Gasteiger partial charge in [-0.15, -0.1) is 0 Å². The van der Waals surface area contributed by atoms with Crippen LogP contribution in [-0.4, -0.2) is 39.4 Å². The quantitative estimate of drug-likeness (QED) is 0.891. The second kappa shape index (κ2) is 6.46. The van der Waals surface area contributed by atoms with Gasteiger partial charge in [-0.3, -0.25) is 10.00 Å². The summed E-state index contributed by atoms with van der Waals surface area (Å²) < 4.78 is 0. The van der Waals surface area contributed by atoms with Crippen molar-refractivity contribution in [2.24, 2.45) is 5.92 Å². The predicted octanol–water partition coefficient (Wildman–Crippen LogP) is 2.40. The average Bonchev–Trinajstić information content (AvgIpc) is 3.06. The summed E-state index contributed by atoms with van der Waals surface area (Å²) in [5, 5.41) is 17.6. The number of hydrogen-bond acceptors (Lipinski definition) is 3. The third-order valence-corrected chi connectivity index (χ3v) is 4.31. The van der Waals surface area contributed by atoms with Crippen LogP contribution in [0.5, 0.6) is 0 Å². The number of aromatic amines is 1. The maximum atomic E-state index is 10.3. The summed E-state index contributed by atoms with van der Waals surface area (Å²) in [4.78, 5) is 2.32. The molecular weight excluding hydrogens is 274 g/mol. The van der Waals surface area contributed by atoms with Crippen LogP contribution in [0.25, 0.3) is 6.08 Å². The van der Waals surface area contributed by atoms with Crippen LogP contribution in [0.2, 0.25) is 0 Å². The van der Waals surface area contributed by atoms with Gasteiger partial charge in [-0.25, -0.2) is 0 Å². The zero-order valence-corrected chi connectivity index (χ0v) is 13.0. The Labute approximate surface area is 131 Å². The van der Waals surface area contributed by atoms with Crippen molar-refractivity contribution in [3.8, 4) is 0 Å². The van der Waals surface area contributed by atoms with Crippen LogP contribution in [0.4, 0.5) is 0 Å². The topological polar surface area (TPSA) is 52.2 Å². The average molecular weight is 297 g/mol. The molecule has 1 saturated heterocycles. The molecule has 0 bridgehead atoms. The number of benzene rings is 1. The second-order valence-corrected chi connectivity index (χ2v) is 6.22. The highest BCUT2D eigenvalue weighted by Crippen LogP contribution is 2.23. The molecule has 0 unspecified atom stereocenters. The zero-order valence-electron chi connectivity index (χ0n) is 13.0. The summed E-state index contributed by atoms with van der Waals surface area (Å²) in [7, 11) is 0. The second-order valence-electron chi connectivity index (χ2n) is 6.22. The number of aryl methyl sites for hydroxylation is 1. The molecule has 4 nitrogen and oxygen atoms in total. The number of β-amino-alcohol motifs (C(OH)–C–C–N with tert-alkyl or cyclic N) is 1. The molecule has 2 heterocycles. The van der Waals surface area contributed by atoms with E-state index in [4.69, 9.17) is 0 Å². The van der Waals surface area contributed by atoms with E-state index in [1.807, 2.05) is 13.0 Å². The minimum Gasteiger partial charge on any atom is -0.391 e. The standard InChI is InChI=1S/C18H23N3O/c1-3-14-5-4-6-15(8-14)10-21-11-16(18(22)12-21)9-17-7-13(2)19-20-17/h3-8,16,18,22H,1,9-12H2,2H3,(H,19,20)/t16-,18+/m1/s1. The van der Waals surface area contributed by atoms with E-state index >= 15 is 0 Å². The van der Waals surface area contributed by atoms with Gasteiger partial charge in [0.15, 0.2) is 0 Å². The monoisotopic (exact) mass is 297 g/mol. The number of nitrogens with zero attached hydrogens (tertiary/aromatic N) is 2. The smallest absolute Gasteiger partial charge is 0.0711 e. The number of hydrogen-bond donors (Lipinski definition) is 2. The summed E-state index contributed by atoms with van der Waals surface area (Å²) in [6.07, 6.45) is 2.42. The Morgan fingerprint density at radius 2 is 2.27 bits per heavy atom. The van der Waals surface area contributed by atoms with E-state index in [1.165, 1.54) is 5.56 Å². The SMILES string of the molecule is C=Cc1cccc(CN2C[C@@H](Cc3cc(C)[nH]n3)[C@@H](O)C2)c1. The summed E-state index contributed by atoms with van der Waals surface area (Å²) in [6.45, 7) is 8.32. The Morgan fingerprint density at radius 3 is 3.00 bits per heavy atom. The number of likely N-dealkylation sites (tertiary alicyclic amines) is 1. The molecule has 22 heavy (non-hydrogen) atoms. The maximum absolute atomic E-state index is 10.3. The predicted molar refractivity (Wildman–Crippen MR) is 88.3 cm³/mol. The molecule has 1 aliphatic rings. The Hall–Kier alpha value is -1.91. The Kier molecular flexibility index (Phi) is 4.41. The number of aliphatic hydroxyl groups is 1. The highest BCUT2D eigenvalue weighted by molar-refractivity contribution is 5.47. The van der Waals surface area contributed by atoms with Gasteiger partial charge < -0.3 is 5.11 Å². The molecule has 0 amide bonds. The van der Waals surface area contributed by atoms with Gasteiger partial charge in [0.1, 0.15) is 0 Å². The van der Waals surface area contributed by atoms with E-state index in [0.717, 1.165) is 43.0 Å². The third kappa shape index (κ3) is 3.46. The van der Waals surface area contributed by atoms with Crippen LogP contribution in [0.3, 0.4) is 0 Å². The van der Waals surface area contributed by atoms with Gasteiger partial charge in [-0.1, -0.05) is 36.9 Å². The molecule has 0 aliphatic carbocycles. The molecular formula is C18H23N3O. The van der Waals surface area contributed by atoms with Gasteiger partial charge in [-0.2, -0.15) is 5.10 Å². The number of nitrogens with one attached hydrogen (secondary N) is 1. The normalized spacial score (nSPS) is 22.1. The van der Waals surface area contributed by atoms with Gasteiger partial charge in [0.05, 0.1) is 11.8 Å². The fraction of sp³-hybridized carbons (Fsp3) is 0.389. The van der Waals surface area contributed by atoms with Crippen LogP contribution < -0.4 is 0 Å². The van der Waals surface area contributed by atoms with Crippen LogP contribution >= 0.6 is 0 Å². The lowest BCUT2D eigenvalue weighted by molar-refractivity contribution is 0.140. The first kappa shape index (κ1) is 15.0. The van der Waals surface area contributed by atoms with Crippen molar-refractivity contribution in [2.75, 3.05) is 13.1 Å². The number of aromatic nitrogens is 2. The van der Waals surface area contributed by atoms with E-state index in [1.54, 1.807) is 0 Å². The van der Waals surface area contributed by atoms with Crippen molar-refractivity contribution in [3.63, 3.8) is 0 Å². The van der Waals surface area contributed by atoms with Crippen molar-refractivity contribution in [1.29, 1.82) is 0 Å². The Bertz CT molecular complexity index is 649. The third-order valence-electron chi connectivity index (χ3n) is 4.31. The molecule has 116 valence electrons. The van der Waals surface area contributed by atoms with E-state index in [9.17, 15) is 5.11 Å². The summed E-state index contributed by atoms with van der Waals surface area (Å²) >= 11 is 0. The highest BCUT2D eigenvalue weighted by atomic mass is 16.3. The van der Waals surface area contributed by atoms with Crippen molar-refractivity contribution in [1.82, 2.24) is 15.1 Å². The van der Waals surface area contributed by atoms with Crippen LogP contribution in [-0.2, 0) is 13.0 Å². The van der Waals surface area contributed by atoms with Crippen molar-refractivity contribution < 1.29 is 5.11 Å². The molecule has 0 spiro atoms. The lowest BCUT2D eigenvalue weighted by Crippen LogP contribution is -2.21. The van der Waals surface area contributed by atoms with Crippen molar-refractivity contribution in [2.45, 2.75) is 26.0 Å². The van der Waals surface area contributed by atoms with Gasteiger partial charge in [0.25, 0.3) is 0 Å². The molecule has 0 saturated carbocycles. The van der Waals surface area contributed by atoms with Gasteiger partial charge in [-0.05, 0) is 30.5 Å². The molecule has 2 N–H and O–H groups in total. The van der Waals surface area contributed by atoms with Gasteiger partial charge in [0.2, 0.25) is 0 Å². The van der Waals surface area contributed by atoms with E-state index in [-0.39, 0.29) is 12.0 Å². The first-order chi connectivity index (χ1) is 10.6. The summed E-state index contributed by atoms with van der Waals surface area (Å²) in [5.74, 6) is 0.255. The van der Waals surface area contributed by atoms with Crippen LogP contribution in [0.1, 0.15) is 22.5 Å². The van der Waals surface area contributed by atoms with Gasteiger partial charge >= 0.3 is 0 Å². The molecule has 4 heteroatoms. The minimum atomic E-state index is -0.278. The molecule has 2 atom stereocenters. The molecule has 3 rings (SSSR count). The van der Waals surface area contributed by atoms with Crippen LogP contribution in [0, 0.1) is 12.8 Å².